The monoisotopic (exact) mass is 370 g/mol. The van der Waals surface area contributed by atoms with Gasteiger partial charge in [0.05, 0.1) is 7.11 Å². The first-order valence-electron chi connectivity index (χ1n) is 9.59. The number of hydrogen-bond donors (Lipinski definition) is 1. The van der Waals surface area contributed by atoms with Gasteiger partial charge >= 0.3 is 0 Å². The molecule has 1 amide bonds. The average molecular weight is 370 g/mol. The zero-order valence-electron chi connectivity index (χ0n) is 16.8. The molecule has 0 fully saturated rings. The van der Waals surface area contributed by atoms with Crippen LogP contribution < -0.4 is 15.0 Å². The fourth-order valence-corrected chi connectivity index (χ4v) is 2.90. The van der Waals surface area contributed by atoms with Gasteiger partial charge < -0.3 is 15.0 Å². The van der Waals surface area contributed by atoms with E-state index in [1.165, 1.54) is 0 Å². The highest BCUT2D eigenvalue weighted by molar-refractivity contribution is 5.92. The number of anilines is 1. The average Bonchev–Trinajstić information content (AvgIpc) is 2.67. The molecule has 0 aliphatic carbocycles. The lowest BCUT2D eigenvalue weighted by Crippen LogP contribution is -2.30. The molecule has 2 rings (SSSR count). The van der Waals surface area contributed by atoms with Crippen LogP contribution in [0.4, 0.5) is 5.95 Å². The van der Waals surface area contributed by atoms with Gasteiger partial charge in [0, 0.05) is 25.3 Å². The minimum Gasteiger partial charge on any atom is -0.497 e. The molecule has 146 valence electrons. The molecule has 0 aliphatic heterocycles. The lowest BCUT2D eigenvalue weighted by atomic mass is 10.1. The number of ether oxygens (including phenoxy) is 1. The van der Waals surface area contributed by atoms with Crippen molar-refractivity contribution in [2.75, 3.05) is 31.6 Å². The minimum absolute atomic E-state index is 0.169. The maximum Gasteiger partial charge on any atom is 0.270 e. The molecule has 0 unspecified atom stereocenters. The van der Waals surface area contributed by atoms with Gasteiger partial charge in [-0.05, 0) is 49.9 Å². The summed E-state index contributed by atoms with van der Waals surface area (Å²) in [6.45, 7) is 8.46. The second-order valence-corrected chi connectivity index (χ2v) is 6.54. The number of carbonyl (C=O) groups is 1. The summed E-state index contributed by atoms with van der Waals surface area (Å²) in [7, 11) is 1.65. The highest BCUT2D eigenvalue weighted by Gasteiger charge is 2.14. The Morgan fingerprint density at radius 2 is 1.89 bits per heavy atom. The van der Waals surface area contributed by atoms with Crippen LogP contribution in [-0.4, -0.2) is 42.6 Å². The third-order valence-corrected chi connectivity index (χ3v) is 4.18. The van der Waals surface area contributed by atoms with Crippen molar-refractivity contribution < 1.29 is 9.53 Å². The zero-order valence-corrected chi connectivity index (χ0v) is 16.8. The molecular formula is C21H30N4O2. The van der Waals surface area contributed by atoms with Crippen molar-refractivity contribution in [2.24, 2.45) is 0 Å². The van der Waals surface area contributed by atoms with Crippen molar-refractivity contribution >= 4 is 11.9 Å². The highest BCUT2D eigenvalue weighted by atomic mass is 16.5. The summed E-state index contributed by atoms with van der Waals surface area (Å²) in [6, 6.07) is 9.60. The van der Waals surface area contributed by atoms with E-state index >= 15 is 0 Å². The predicted molar refractivity (Wildman–Crippen MR) is 109 cm³/mol. The van der Waals surface area contributed by atoms with Crippen molar-refractivity contribution in [3.63, 3.8) is 0 Å². The lowest BCUT2D eigenvalue weighted by Gasteiger charge is -2.22. The molecule has 6 nitrogen and oxygen atoms in total. The Kier molecular flexibility index (Phi) is 8.04. The molecule has 1 aromatic heterocycles. The molecule has 27 heavy (non-hydrogen) atoms. The molecule has 0 saturated carbocycles. The molecule has 0 bridgehead atoms. The number of benzene rings is 1. The molecule has 0 aliphatic rings. The van der Waals surface area contributed by atoms with Crippen LogP contribution in [0.1, 0.15) is 48.4 Å². The van der Waals surface area contributed by atoms with Gasteiger partial charge in [-0.3, -0.25) is 4.79 Å². The van der Waals surface area contributed by atoms with Gasteiger partial charge in [0.25, 0.3) is 5.91 Å². The van der Waals surface area contributed by atoms with Gasteiger partial charge in [0.2, 0.25) is 5.95 Å². The number of aromatic nitrogens is 2. The topological polar surface area (TPSA) is 67.4 Å². The predicted octanol–water partition coefficient (Wildman–Crippen LogP) is 3.39. The number of rotatable bonds is 10. The quantitative estimate of drug-likeness (QED) is 0.694. The number of aryl methyl sites for hydroxylation is 1. The number of nitrogens with one attached hydrogen (secondary N) is 1. The zero-order chi connectivity index (χ0) is 19.6. The fourth-order valence-electron chi connectivity index (χ4n) is 2.90. The largest absolute Gasteiger partial charge is 0.497 e. The maximum absolute atomic E-state index is 12.6. The van der Waals surface area contributed by atoms with Crippen LogP contribution in [0.25, 0.3) is 0 Å². The second-order valence-electron chi connectivity index (χ2n) is 6.54. The van der Waals surface area contributed by atoms with E-state index in [0.29, 0.717) is 18.2 Å². The maximum atomic E-state index is 12.6. The molecule has 1 heterocycles. The van der Waals surface area contributed by atoms with Crippen LogP contribution in [0.2, 0.25) is 0 Å². The van der Waals surface area contributed by atoms with Crippen molar-refractivity contribution in [1.82, 2.24) is 15.3 Å². The first-order valence-corrected chi connectivity index (χ1v) is 9.59. The summed E-state index contributed by atoms with van der Waals surface area (Å²) in [6.07, 6.45) is 2.76. The van der Waals surface area contributed by atoms with Gasteiger partial charge in [-0.25, -0.2) is 9.97 Å². The molecule has 2 aromatic rings. The molecular weight excluding hydrogens is 340 g/mol. The summed E-state index contributed by atoms with van der Waals surface area (Å²) in [5.74, 6) is 1.29. The Bertz CT molecular complexity index is 743. The van der Waals surface area contributed by atoms with Crippen LogP contribution >= 0.6 is 0 Å². The number of methoxy groups -OCH3 is 1. The Labute approximate surface area is 162 Å². The summed E-state index contributed by atoms with van der Waals surface area (Å²) >= 11 is 0. The molecule has 0 atom stereocenters. The van der Waals surface area contributed by atoms with Crippen molar-refractivity contribution in [3.8, 4) is 5.75 Å². The third kappa shape index (κ3) is 6.24. The van der Waals surface area contributed by atoms with E-state index in [1.54, 1.807) is 13.2 Å². The number of amides is 1. The molecule has 1 N–H and O–H groups in total. The fraction of sp³-hybridized carbons (Fsp3) is 0.476. The van der Waals surface area contributed by atoms with E-state index < -0.39 is 0 Å². The Morgan fingerprint density at radius 1 is 1.15 bits per heavy atom. The molecule has 6 heteroatoms. The van der Waals surface area contributed by atoms with Gasteiger partial charge in [0.1, 0.15) is 11.4 Å². The van der Waals surface area contributed by atoms with E-state index in [1.807, 2.05) is 31.2 Å². The highest BCUT2D eigenvalue weighted by Crippen LogP contribution is 2.13. The minimum atomic E-state index is -0.169. The van der Waals surface area contributed by atoms with Crippen LogP contribution in [-0.2, 0) is 6.42 Å². The van der Waals surface area contributed by atoms with Crippen LogP contribution in [0, 0.1) is 6.92 Å². The van der Waals surface area contributed by atoms with E-state index in [9.17, 15) is 4.79 Å². The second kappa shape index (κ2) is 10.5. The van der Waals surface area contributed by atoms with Gasteiger partial charge in [-0.1, -0.05) is 26.0 Å². The van der Waals surface area contributed by atoms with Crippen molar-refractivity contribution in [2.45, 2.75) is 40.0 Å². The van der Waals surface area contributed by atoms with Gasteiger partial charge in [-0.2, -0.15) is 0 Å². The molecule has 1 aromatic carbocycles. The van der Waals surface area contributed by atoms with Crippen molar-refractivity contribution in [1.29, 1.82) is 0 Å². The standard InChI is InChI=1S/C21H30N4O2/c1-5-12-25(13-6-2)21-23-16(3)14-19(24-21)20(26)22-11-10-17-8-7-9-18(15-17)27-4/h7-9,14-15H,5-6,10-13H2,1-4H3,(H,22,26). The van der Waals surface area contributed by atoms with E-state index in [4.69, 9.17) is 4.74 Å². The Balaban J connectivity index is 2.02. The van der Waals surface area contributed by atoms with Crippen LogP contribution in [0.5, 0.6) is 5.75 Å². The van der Waals surface area contributed by atoms with E-state index in [-0.39, 0.29) is 5.91 Å². The van der Waals surface area contributed by atoms with E-state index in [0.717, 1.165) is 49.4 Å². The van der Waals surface area contributed by atoms with Crippen LogP contribution in [0.15, 0.2) is 30.3 Å². The lowest BCUT2D eigenvalue weighted by molar-refractivity contribution is 0.0949. The normalized spacial score (nSPS) is 10.5. The smallest absolute Gasteiger partial charge is 0.270 e. The first kappa shape index (κ1) is 20.7. The number of carbonyl (C=O) groups excluding carboxylic acids is 1. The molecule has 0 spiro atoms. The Hall–Kier alpha value is -2.63. The summed E-state index contributed by atoms with van der Waals surface area (Å²) in [4.78, 5) is 23.7. The molecule has 0 radical (unpaired) electrons. The Morgan fingerprint density at radius 3 is 2.56 bits per heavy atom. The van der Waals surface area contributed by atoms with Crippen LogP contribution in [0.3, 0.4) is 0 Å². The SMILES string of the molecule is CCCN(CCC)c1nc(C)cc(C(=O)NCCc2cccc(OC)c2)n1. The van der Waals surface area contributed by atoms with Gasteiger partial charge in [-0.15, -0.1) is 0 Å². The molecule has 0 saturated heterocycles. The third-order valence-electron chi connectivity index (χ3n) is 4.18. The number of nitrogens with zero attached hydrogens (tertiary/aromatic N) is 3. The summed E-state index contributed by atoms with van der Waals surface area (Å²) in [5.41, 5.74) is 2.33. The number of hydrogen-bond acceptors (Lipinski definition) is 5. The van der Waals surface area contributed by atoms with Gasteiger partial charge in [0.15, 0.2) is 0 Å². The summed E-state index contributed by atoms with van der Waals surface area (Å²) in [5, 5.41) is 2.95. The first-order chi connectivity index (χ1) is 13.1. The van der Waals surface area contributed by atoms with E-state index in [2.05, 4.69) is 34.0 Å². The van der Waals surface area contributed by atoms with Crippen molar-refractivity contribution in [3.05, 3.63) is 47.3 Å². The summed E-state index contributed by atoms with van der Waals surface area (Å²) < 4.78 is 5.23.